The van der Waals surface area contributed by atoms with Crippen LogP contribution in [0.5, 0.6) is 0 Å². The first-order valence-electron chi connectivity index (χ1n) is 5.03. The van der Waals surface area contributed by atoms with Crippen molar-refractivity contribution in [3.63, 3.8) is 0 Å². The standard InChI is InChI=1S/C11H10N4O2S/c12-10-2-1-7(3-14-10)18-5-9-8(11(16)17)4-13-6-15-9/h1-4,6H,5H2,(H2,12,14)(H,16,17). The van der Waals surface area contributed by atoms with Gasteiger partial charge in [-0.15, -0.1) is 11.8 Å². The van der Waals surface area contributed by atoms with Gasteiger partial charge in [0.15, 0.2) is 0 Å². The van der Waals surface area contributed by atoms with E-state index in [1.54, 1.807) is 12.3 Å². The molecule has 6 nitrogen and oxygen atoms in total. The summed E-state index contributed by atoms with van der Waals surface area (Å²) in [5.41, 5.74) is 6.08. The van der Waals surface area contributed by atoms with Gasteiger partial charge >= 0.3 is 5.97 Å². The van der Waals surface area contributed by atoms with Crippen molar-refractivity contribution < 1.29 is 9.90 Å². The summed E-state index contributed by atoms with van der Waals surface area (Å²) in [5, 5.41) is 8.98. The first-order chi connectivity index (χ1) is 8.66. The van der Waals surface area contributed by atoms with Gasteiger partial charge in [0.2, 0.25) is 0 Å². The van der Waals surface area contributed by atoms with Crippen LogP contribution in [0, 0.1) is 0 Å². The Bertz CT molecular complexity index is 559. The third kappa shape index (κ3) is 2.95. The van der Waals surface area contributed by atoms with Crippen molar-refractivity contribution in [2.24, 2.45) is 0 Å². The summed E-state index contributed by atoms with van der Waals surface area (Å²) in [6.45, 7) is 0. The molecule has 7 heteroatoms. The van der Waals surface area contributed by atoms with Crippen molar-refractivity contribution in [3.8, 4) is 0 Å². The molecule has 3 N–H and O–H groups in total. The number of pyridine rings is 1. The first-order valence-corrected chi connectivity index (χ1v) is 6.02. The van der Waals surface area contributed by atoms with Crippen LogP contribution in [0.15, 0.2) is 35.7 Å². The second-order valence-corrected chi connectivity index (χ2v) is 4.44. The van der Waals surface area contributed by atoms with Crippen LogP contribution in [0.3, 0.4) is 0 Å². The Labute approximate surface area is 107 Å². The topological polar surface area (TPSA) is 102 Å². The molecule has 92 valence electrons. The molecule has 0 bridgehead atoms. The summed E-state index contributed by atoms with van der Waals surface area (Å²) < 4.78 is 0. The molecule has 0 aliphatic rings. The SMILES string of the molecule is Nc1ccc(SCc2ncncc2C(=O)O)cn1. The van der Waals surface area contributed by atoms with Crippen LogP contribution in [0.1, 0.15) is 16.1 Å². The van der Waals surface area contributed by atoms with Gasteiger partial charge in [-0.3, -0.25) is 0 Å². The number of nitrogen functional groups attached to an aromatic ring is 1. The van der Waals surface area contributed by atoms with Crippen molar-refractivity contribution in [2.45, 2.75) is 10.6 Å². The van der Waals surface area contributed by atoms with Gasteiger partial charge in [0.1, 0.15) is 17.7 Å². The Hall–Kier alpha value is -2.15. The van der Waals surface area contributed by atoms with Crippen LogP contribution in [-0.2, 0) is 5.75 Å². The Morgan fingerprint density at radius 2 is 2.17 bits per heavy atom. The summed E-state index contributed by atoms with van der Waals surface area (Å²) in [6, 6.07) is 3.52. The number of carboxylic acids is 1. The molecule has 2 heterocycles. The number of thioether (sulfide) groups is 1. The first kappa shape index (κ1) is 12.3. The van der Waals surface area contributed by atoms with Gasteiger partial charge < -0.3 is 10.8 Å². The maximum absolute atomic E-state index is 11.0. The molecule has 0 aromatic carbocycles. The molecule has 0 aliphatic carbocycles. The van der Waals surface area contributed by atoms with Crippen LogP contribution in [0.2, 0.25) is 0 Å². The van der Waals surface area contributed by atoms with Gasteiger partial charge in [-0.05, 0) is 12.1 Å². The molecular weight excluding hydrogens is 252 g/mol. The van der Waals surface area contributed by atoms with Crippen LogP contribution < -0.4 is 5.73 Å². The number of anilines is 1. The van der Waals surface area contributed by atoms with E-state index in [0.29, 0.717) is 17.3 Å². The quantitative estimate of drug-likeness (QED) is 0.804. The number of aromatic carboxylic acids is 1. The minimum Gasteiger partial charge on any atom is -0.478 e. The zero-order valence-electron chi connectivity index (χ0n) is 9.28. The molecule has 2 aromatic rings. The Balaban J connectivity index is 2.10. The Morgan fingerprint density at radius 1 is 1.33 bits per heavy atom. The molecule has 18 heavy (non-hydrogen) atoms. The fourth-order valence-electron chi connectivity index (χ4n) is 1.28. The molecule has 0 fully saturated rings. The largest absolute Gasteiger partial charge is 0.478 e. The van der Waals surface area contributed by atoms with Crippen molar-refractivity contribution in [1.82, 2.24) is 15.0 Å². The van der Waals surface area contributed by atoms with Crippen LogP contribution in [-0.4, -0.2) is 26.0 Å². The lowest BCUT2D eigenvalue weighted by Gasteiger charge is -2.04. The van der Waals surface area contributed by atoms with Gasteiger partial charge in [0, 0.05) is 23.0 Å². The lowest BCUT2D eigenvalue weighted by Crippen LogP contribution is -2.04. The van der Waals surface area contributed by atoms with E-state index in [2.05, 4.69) is 15.0 Å². The molecule has 0 atom stereocenters. The molecule has 2 aromatic heterocycles. The number of nitrogens with two attached hydrogens (primary N) is 1. The maximum atomic E-state index is 11.0. The van der Waals surface area contributed by atoms with E-state index >= 15 is 0 Å². The zero-order chi connectivity index (χ0) is 13.0. The molecule has 2 rings (SSSR count). The highest BCUT2D eigenvalue weighted by atomic mass is 32.2. The molecule has 0 radical (unpaired) electrons. The van der Waals surface area contributed by atoms with Gasteiger partial charge in [0.05, 0.1) is 5.69 Å². The minimum absolute atomic E-state index is 0.119. The van der Waals surface area contributed by atoms with E-state index in [1.165, 1.54) is 24.3 Å². The molecule has 0 amide bonds. The smallest absolute Gasteiger partial charge is 0.339 e. The monoisotopic (exact) mass is 262 g/mol. The van der Waals surface area contributed by atoms with E-state index in [4.69, 9.17) is 10.8 Å². The van der Waals surface area contributed by atoms with Crippen molar-refractivity contribution in [2.75, 3.05) is 5.73 Å². The Morgan fingerprint density at radius 3 is 2.83 bits per heavy atom. The number of aromatic nitrogens is 3. The van der Waals surface area contributed by atoms with Crippen LogP contribution >= 0.6 is 11.8 Å². The molecule has 0 spiro atoms. The van der Waals surface area contributed by atoms with E-state index in [0.717, 1.165) is 4.90 Å². The van der Waals surface area contributed by atoms with Gasteiger partial charge in [-0.2, -0.15) is 0 Å². The highest BCUT2D eigenvalue weighted by molar-refractivity contribution is 7.98. The van der Waals surface area contributed by atoms with Gasteiger partial charge in [-0.25, -0.2) is 19.7 Å². The maximum Gasteiger partial charge on any atom is 0.339 e. The second-order valence-electron chi connectivity index (χ2n) is 3.40. The minimum atomic E-state index is -1.03. The summed E-state index contributed by atoms with van der Waals surface area (Å²) >= 11 is 1.44. The number of carboxylic acid groups (broad SMARTS) is 1. The predicted octanol–water partition coefficient (Wildman–Crippen LogP) is 1.44. The van der Waals surface area contributed by atoms with Crippen molar-refractivity contribution >= 4 is 23.5 Å². The fourth-order valence-corrected chi connectivity index (χ4v) is 2.10. The number of carbonyl (C=O) groups is 1. The molecule has 0 saturated carbocycles. The second kappa shape index (κ2) is 5.46. The lowest BCUT2D eigenvalue weighted by atomic mass is 10.2. The average Bonchev–Trinajstić information content (AvgIpc) is 2.38. The van der Waals surface area contributed by atoms with Crippen LogP contribution in [0.4, 0.5) is 5.82 Å². The molecule has 0 unspecified atom stereocenters. The van der Waals surface area contributed by atoms with E-state index in [-0.39, 0.29) is 5.56 Å². The Kier molecular flexibility index (Phi) is 3.73. The summed E-state index contributed by atoms with van der Waals surface area (Å²) in [6.07, 6.45) is 4.28. The number of rotatable bonds is 4. The third-order valence-corrected chi connectivity index (χ3v) is 3.15. The zero-order valence-corrected chi connectivity index (χ0v) is 10.1. The molecular formula is C11H10N4O2S. The number of hydrogen-bond donors (Lipinski definition) is 2. The van der Waals surface area contributed by atoms with Crippen molar-refractivity contribution in [1.29, 1.82) is 0 Å². The molecule has 0 saturated heterocycles. The highest BCUT2D eigenvalue weighted by Crippen LogP contribution is 2.22. The molecule has 0 aliphatic heterocycles. The lowest BCUT2D eigenvalue weighted by molar-refractivity contribution is 0.0695. The van der Waals surface area contributed by atoms with Crippen molar-refractivity contribution in [3.05, 3.63) is 42.1 Å². The number of nitrogens with zero attached hydrogens (tertiary/aromatic N) is 3. The highest BCUT2D eigenvalue weighted by Gasteiger charge is 2.11. The fraction of sp³-hybridized carbons (Fsp3) is 0.0909. The van der Waals surface area contributed by atoms with Gasteiger partial charge in [0.25, 0.3) is 0 Å². The predicted molar refractivity (Wildman–Crippen MR) is 67.2 cm³/mol. The van der Waals surface area contributed by atoms with E-state index < -0.39 is 5.97 Å². The summed E-state index contributed by atoms with van der Waals surface area (Å²) in [5.74, 6) is -0.135. The van der Waals surface area contributed by atoms with E-state index in [9.17, 15) is 4.79 Å². The summed E-state index contributed by atoms with van der Waals surface area (Å²) in [7, 11) is 0. The normalized spacial score (nSPS) is 10.2. The number of hydrogen-bond acceptors (Lipinski definition) is 6. The van der Waals surface area contributed by atoms with Gasteiger partial charge in [-0.1, -0.05) is 0 Å². The third-order valence-electron chi connectivity index (χ3n) is 2.16. The average molecular weight is 262 g/mol. The van der Waals surface area contributed by atoms with Crippen LogP contribution in [0.25, 0.3) is 0 Å². The summed E-state index contributed by atoms with van der Waals surface area (Å²) in [4.78, 5) is 23.5. The van der Waals surface area contributed by atoms with E-state index in [1.807, 2.05) is 6.07 Å².